The van der Waals surface area contributed by atoms with E-state index in [9.17, 15) is 0 Å². The summed E-state index contributed by atoms with van der Waals surface area (Å²) in [6, 6.07) is 0. The molecule has 2 aromatic rings. The van der Waals surface area contributed by atoms with E-state index < -0.39 is 0 Å². The molecular weight excluding hydrogens is 358 g/mol. The topological polar surface area (TPSA) is 77.3 Å². The summed E-state index contributed by atoms with van der Waals surface area (Å²) < 4.78 is 0. The van der Waals surface area contributed by atoms with E-state index in [-0.39, 0.29) is 43.4 Å². The highest BCUT2D eigenvalue weighted by Gasteiger charge is 1.97. The van der Waals surface area contributed by atoms with Gasteiger partial charge in [0.25, 0.3) is 0 Å². The number of hydrogen-bond donors (Lipinski definition) is 0. The summed E-state index contributed by atoms with van der Waals surface area (Å²) in [7, 11) is 0. The van der Waals surface area contributed by atoms with E-state index in [2.05, 4.69) is 29.9 Å². The molecule has 0 aromatic carbocycles. The molecule has 0 aliphatic rings. The lowest BCUT2D eigenvalue weighted by molar-refractivity contribution is 0.920. The molecule has 0 saturated heterocycles. The normalized spacial score (nSPS) is 8.29. The van der Waals surface area contributed by atoms with Crippen LogP contribution in [-0.4, -0.2) is 29.9 Å². The van der Waals surface area contributed by atoms with Crippen LogP contribution in [0.5, 0.6) is 0 Å². The standard InChI is InChI=1S/C5H6ClN3.C3Cl3N3.3CH4/c1-3-7-4(2)9-5(6)8-3;4-1-7-2(5)9-3(6)8-1;;;/h1-2H3;;3*1H4. The van der Waals surface area contributed by atoms with Crippen LogP contribution in [0.1, 0.15) is 33.9 Å². The first-order chi connectivity index (χ1) is 8.36. The fourth-order valence-corrected chi connectivity index (χ4v) is 1.73. The monoisotopic (exact) mass is 374 g/mol. The van der Waals surface area contributed by atoms with Gasteiger partial charge in [0.2, 0.25) is 21.1 Å². The second-order valence-electron chi connectivity index (χ2n) is 2.84. The third kappa shape index (κ3) is 10.5. The molecule has 0 amide bonds. The highest BCUT2D eigenvalue weighted by atomic mass is 35.5. The van der Waals surface area contributed by atoms with Crippen LogP contribution in [0.15, 0.2) is 0 Å². The van der Waals surface area contributed by atoms with Gasteiger partial charge in [-0.15, -0.1) is 0 Å². The van der Waals surface area contributed by atoms with Gasteiger partial charge in [0.1, 0.15) is 11.6 Å². The Kier molecular flexibility index (Phi) is 14.1. The fraction of sp³-hybridized carbons (Fsp3) is 0.455. The molecule has 120 valence electrons. The molecule has 2 aromatic heterocycles. The molecule has 0 atom stereocenters. The van der Waals surface area contributed by atoms with Gasteiger partial charge in [-0.1, -0.05) is 22.3 Å². The van der Waals surface area contributed by atoms with E-state index in [1.807, 2.05) is 0 Å². The lowest BCUT2D eigenvalue weighted by Gasteiger charge is -1.92. The molecule has 2 rings (SSSR count). The number of aryl methyl sites for hydroxylation is 2. The first kappa shape index (κ1) is 25.2. The Morgan fingerprint density at radius 3 is 0.952 bits per heavy atom. The lowest BCUT2D eigenvalue weighted by Crippen LogP contribution is -1.94. The van der Waals surface area contributed by atoms with Gasteiger partial charge in [0, 0.05) is 0 Å². The van der Waals surface area contributed by atoms with Gasteiger partial charge in [0.05, 0.1) is 0 Å². The molecule has 0 aliphatic heterocycles. The molecular formula is C11H18Cl4N6. The van der Waals surface area contributed by atoms with E-state index in [0.29, 0.717) is 11.6 Å². The number of hydrogen-bond acceptors (Lipinski definition) is 6. The van der Waals surface area contributed by atoms with Crippen molar-refractivity contribution in [2.24, 2.45) is 0 Å². The van der Waals surface area contributed by atoms with E-state index in [1.54, 1.807) is 13.8 Å². The first-order valence-corrected chi connectivity index (χ1v) is 5.95. The van der Waals surface area contributed by atoms with Crippen molar-refractivity contribution in [2.75, 3.05) is 0 Å². The average Bonchev–Trinajstić information content (AvgIpc) is 2.12. The van der Waals surface area contributed by atoms with E-state index in [0.717, 1.165) is 0 Å². The van der Waals surface area contributed by atoms with Crippen LogP contribution < -0.4 is 0 Å². The molecule has 0 radical (unpaired) electrons. The molecule has 0 unspecified atom stereocenters. The van der Waals surface area contributed by atoms with Gasteiger partial charge in [-0.3, -0.25) is 0 Å². The minimum atomic E-state index is 0. The molecule has 6 nitrogen and oxygen atoms in total. The zero-order valence-electron chi connectivity index (χ0n) is 9.20. The largest absolute Gasteiger partial charge is 0.227 e. The maximum atomic E-state index is 5.49. The number of aromatic nitrogens is 6. The zero-order chi connectivity index (χ0) is 13.7. The van der Waals surface area contributed by atoms with Crippen molar-refractivity contribution in [1.29, 1.82) is 0 Å². The Bertz CT molecular complexity index is 402. The quantitative estimate of drug-likeness (QED) is 0.652. The van der Waals surface area contributed by atoms with Gasteiger partial charge < -0.3 is 0 Å². The number of rotatable bonds is 0. The van der Waals surface area contributed by atoms with Crippen LogP contribution >= 0.6 is 46.4 Å². The van der Waals surface area contributed by atoms with Gasteiger partial charge in [-0.2, -0.15) is 15.0 Å². The summed E-state index contributed by atoms with van der Waals surface area (Å²) in [5.74, 6) is 1.32. The highest BCUT2D eigenvalue weighted by Crippen LogP contribution is 2.08. The Morgan fingerprint density at radius 1 is 0.476 bits per heavy atom. The molecule has 2 heterocycles. The second-order valence-corrected chi connectivity index (χ2v) is 4.19. The van der Waals surface area contributed by atoms with Crippen molar-refractivity contribution in [3.8, 4) is 0 Å². The number of nitrogens with zero attached hydrogens (tertiary/aromatic N) is 6. The van der Waals surface area contributed by atoms with Crippen LogP contribution in [0.3, 0.4) is 0 Å². The summed E-state index contributed by atoms with van der Waals surface area (Å²) in [6.07, 6.45) is 0. The second kappa shape index (κ2) is 11.8. The van der Waals surface area contributed by atoms with Crippen LogP contribution in [0.4, 0.5) is 0 Å². The molecule has 0 aliphatic carbocycles. The average molecular weight is 376 g/mol. The van der Waals surface area contributed by atoms with Crippen molar-refractivity contribution in [2.45, 2.75) is 36.1 Å². The van der Waals surface area contributed by atoms with Crippen molar-refractivity contribution < 1.29 is 0 Å². The molecule has 0 bridgehead atoms. The predicted molar refractivity (Wildman–Crippen MR) is 89.4 cm³/mol. The van der Waals surface area contributed by atoms with E-state index in [1.165, 1.54) is 0 Å². The Morgan fingerprint density at radius 2 is 0.714 bits per heavy atom. The summed E-state index contributed by atoms with van der Waals surface area (Å²) in [5, 5.41) is 0.264. The maximum Gasteiger partial charge on any atom is 0.227 e. The third-order valence-electron chi connectivity index (χ3n) is 1.39. The summed E-state index contributed by atoms with van der Waals surface area (Å²) in [4.78, 5) is 21.9. The Balaban J connectivity index is -0.000000270. The minimum Gasteiger partial charge on any atom is -0.219 e. The van der Waals surface area contributed by atoms with Gasteiger partial charge in [-0.25, -0.2) is 15.0 Å². The Hall–Kier alpha value is -0.820. The van der Waals surface area contributed by atoms with Gasteiger partial charge in [0.15, 0.2) is 0 Å². The van der Waals surface area contributed by atoms with Crippen LogP contribution in [0, 0.1) is 13.8 Å². The van der Waals surface area contributed by atoms with Gasteiger partial charge in [-0.05, 0) is 60.3 Å². The minimum absolute atomic E-state index is 0. The Labute approximate surface area is 145 Å². The number of halogens is 4. The van der Waals surface area contributed by atoms with Crippen LogP contribution in [-0.2, 0) is 0 Å². The molecule has 0 fully saturated rings. The molecule has 0 saturated carbocycles. The fourth-order valence-electron chi connectivity index (χ4n) is 0.880. The van der Waals surface area contributed by atoms with E-state index in [4.69, 9.17) is 46.4 Å². The highest BCUT2D eigenvalue weighted by molar-refractivity contribution is 6.33. The molecule has 21 heavy (non-hydrogen) atoms. The van der Waals surface area contributed by atoms with Gasteiger partial charge >= 0.3 is 0 Å². The van der Waals surface area contributed by atoms with Crippen molar-refractivity contribution >= 4 is 46.4 Å². The maximum absolute atomic E-state index is 5.49. The van der Waals surface area contributed by atoms with Crippen LogP contribution in [0.25, 0.3) is 0 Å². The first-order valence-electron chi connectivity index (χ1n) is 4.44. The summed E-state index contributed by atoms with van der Waals surface area (Å²) in [6.45, 7) is 3.56. The predicted octanol–water partition coefficient (Wildman–Crippen LogP) is 4.88. The molecule has 0 N–H and O–H groups in total. The van der Waals surface area contributed by atoms with Crippen molar-refractivity contribution in [3.63, 3.8) is 0 Å². The van der Waals surface area contributed by atoms with Crippen LogP contribution in [0.2, 0.25) is 21.1 Å². The lowest BCUT2D eigenvalue weighted by atomic mass is 10.6. The van der Waals surface area contributed by atoms with Crippen molar-refractivity contribution in [3.05, 3.63) is 32.8 Å². The zero-order valence-corrected chi connectivity index (χ0v) is 12.2. The molecule has 10 heteroatoms. The molecule has 0 spiro atoms. The third-order valence-corrected chi connectivity index (χ3v) is 2.06. The smallest absolute Gasteiger partial charge is 0.219 e. The summed E-state index contributed by atoms with van der Waals surface area (Å²) in [5.41, 5.74) is 0. The van der Waals surface area contributed by atoms with E-state index >= 15 is 0 Å². The SMILES string of the molecule is C.C.C.Cc1nc(C)nc(Cl)n1.Clc1nc(Cl)nc(Cl)n1. The van der Waals surface area contributed by atoms with Crippen molar-refractivity contribution in [1.82, 2.24) is 29.9 Å². The summed E-state index contributed by atoms with van der Waals surface area (Å²) >= 11 is 21.4.